The van der Waals surface area contributed by atoms with Crippen LogP contribution in [0.4, 0.5) is 0 Å². The van der Waals surface area contributed by atoms with Crippen LogP contribution in [0.3, 0.4) is 0 Å². The Morgan fingerprint density at radius 3 is 1.55 bits per heavy atom. The Bertz CT molecular complexity index is 462. The van der Waals surface area contributed by atoms with Gasteiger partial charge in [-0.1, -0.05) is 0 Å². The molecule has 0 aliphatic carbocycles. The van der Waals surface area contributed by atoms with Gasteiger partial charge >= 0.3 is 88.7 Å². The molecule has 2 unspecified atom stereocenters. The van der Waals surface area contributed by atoms with Crippen molar-refractivity contribution in [1.29, 1.82) is 0 Å². The molecule has 14 heteroatoms. The first-order valence-electron chi connectivity index (χ1n) is 3.73. The minimum absolute atomic E-state index is 0. The van der Waals surface area contributed by atoms with E-state index < -0.39 is 45.3 Å². The predicted molar refractivity (Wildman–Crippen MR) is 39.9 cm³/mol. The van der Waals surface area contributed by atoms with E-state index in [1.54, 1.807) is 0 Å². The van der Waals surface area contributed by atoms with Gasteiger partial charge in [0.15, 0.2) is 5.25 Å². The molecular formula is C6H5Na3O10S. The second-order valence-electron chi connectivity index (χ2n) is 2.97. The largest absolute Gasteiger partial charge is 1.00 e. The molecule has 0 aliphatic heterocycles. The third kappa shape index (κ3) is 8.06. The monoisotopic (exact) mass is 338 g/mol. The fraction of sp³-hybridized carbons (Fsp3) is 0.500. The van der Waals surface area contributed by atoms with Crippen molar-refractivity contribution in [3.05, 3.63) is 0 Å². The van der Waals surface area contributed by atoms with E-state index in [0.717, 1.165) is 0 Å². The Morgan fingerprint density at radius 2 is 1.40 bits per heavy atom. The third-order valence-electron chi connectivity index (χ3n) is 1.71. The smallest absolute Gasteiger partial charge is 0.550 e. The Kier molecular flexibility index (Phi) is 16.0. The van der Waals surface area contributed by atoms with Crippen LogP contribution in [0.5, 0.6) is 0 Å². The van der Waals surface area contributed by atoms with Gasteiger partial charge in [-0.2, -0.15) is 8.42 Å². The van der Waals surface area contributed by atoms with Gasteiger partial charge in [0.05, 0.1) is 11.9 Å². The van der Waals surface area contributed by atoms with Crippen LogP contribution in [-0.2, 0) is 24.5 Å². The zero-order valence-corrected chi connectivity index (χ0v) is 17.7. The molecule has 20 heavy (non-hydrogen) atoms. The zero-order chi connectivity index (χ0) is 14.0. The quantitative estimate of drug-likeness (QED) is 0.346. The second kappa shape index (κ2) is 10.9. The normalized spacial score (nSPS) is 14.3. The average molecular weight is 338 g/mol. The van der Waals surface area contributed by atoms with Gasteiger partial charge in [0.1, 0.15) is 5.60 Å². The Labute approximate surface area is 179 Å². The Balaban J connectivity index is -0.000000427. The topological polar surface area (TPSA) is 195 Å². The summed E-state index contributed by atoms with van der Waals surface area (Å²) in [5, 5.41) is 36.7. The summed E-state index contributed by atoms with van der Waals surface area (Å²) in [4.78, 5) is 30.9. The Hall–Kier alpha value is 1.28. The van der Waals surface area contributed by atoms with Gasteiger partial charge < -0.3 is 34.8 Å². The van der Waals surface area contributed by atoms with Crippen molar-refractivity contribution in [2.45, 2.75) is 17.3 Å². The summed E-state index contributed by atoms with van der Waals surface area (Å²) < 4.78 is 29.6. The predicted octanol–water partition coefficient (Wildman–Crippen LogP) is -15.4. The zero-order valence-electron chi connectivity index (χ0n) is 10.9. The average Bonchev–Trinajstić information content (AvgIpc) is 1.96. The van der Waals surface area contributed by atoms with E-state index >= 15 is 0 Å². The first kappa shape index (κ1) is 29.3. The van der Waals surface area contributed by atoms with Crippen molar-refractivity contribution in [2.75, 3.05) is 0 Å². The molecule has 2 atom stereocenters. The van der Waals surface area contributed by atoms with E-state index in [1.807, 2.05) is 0 Å². The van der Waals surface area contributed by atoms with Crippen molar-refractivity contribution >= 4 is 28.0 Å². The van der Waals surface area contributed by atoms with Crippen LogP contribution in [-0.4, -0.2) is 46.8 Å². The number of aliphatic hydroxyl groups is 1. The molecule has 0 heterocycles. The van der Waals surface area contributed by atoms with Crippen LogP contribution >= 0.6 is 0 Å². The van der Waals surface area contributed by atoms with E-state index in [0.29, 0.717) is 0 Å². The standard InChI is InChI=1S/C6H8O10S.3Na/c7-2(8)1-6(13,5(11)12)3(4(9)10)17(14,15)16;;;/h3,13H,1H2,(H,7,8)(H,9,10)(H,11,12)(H,14,15,16);;;/q;3*+1/p-3. The molecule has 0 fully saturated rings. The molecule has 0 aromatic rings. The first-order valence-corrected chi connectivity index (χ1v) is 5.24. The van der Waals surface area contributed by atoms with Gasteiger partial charge in [-0.15, -0.1) is 0 Å². The van der Waals surface area contributed by atoms with E-state index in [2.05, 4.69) is 0 Å². The maximum atomic E-state index is 10.6. The van der Waals surface area contributed by atoms with Gasteiger partial charge in [0.2, 0.25) is 0 Å². The number of carboxylic acids is 3. The van der Waals surface area contributed by atoms with Crippen LogP contribution in [0.2, 0.25) is 0 Å². The van der Waals surface area contributed by atoms with Crippen molar-refractivity contribution in [3.8, 4) is 0 Å². The van der Waals surface area contributed by atoms with Crippen LogP contribution in [0.15, 0.2) is 0 Å². The molecule has 0 bridgehead atoms. The molecule has 0 amide bonds. The van der Waals surface area contributed by atoms with Crippen LogP contribution < -0.4 is 104 Å². The van der Waals surface area contributed by atoms with Gasteiger partial charge in [-0.3, -0.25) is 4.55 Å². The van der Waals surface area contributed by atoms with Crippen molar-refractivity contribution in [3.63, 3.8) is 0 Å². The number of hydrogen-bond acceptors (Lipinski definition) is 9. The Morgan fingerprint density at radius 1 is 1.05 bits per heavy atom. The SMILES string of the molecule is O=C([O-])CC(O)(C(=O)[O-])C(C(=O)[O-])S(=O)(=O)O.[Na+].[Na+].[Na+]. The van der Waals surface area contributed by atoms with E-state index in [4.69, 9.17) is 4.55 Å². The van der Waals surface area contributed by atoms with Gasteiger partial charge in [0, 0.05) is 12.4 Å². The molecule has 0 saturated heterocycles. The minimum atomic E-state index is -5.64. The first-order chi connectivity index (χ1) is 7.43. The maximum absolute atomic E-state index is 10.6. The molecule has 0 rings (SSSR count). The molecule has 0 aliphatic rings. The van der Waals surface area contributed by atoms with E-state index in [9.17, 15) is 43.2 Å². The number of aliphatic carboxylic acids is 3. The second-order valence-corrected chi connectivity index (χ2v) is 4.48. The molecule has 98 valence electrons. The minimum Gasteiger partial charge on any atom is -0.550 e. The van der Waals surface area contributed by atoms with E-state index in [-0.39, 0.29) is 88.7 Å². The number of carbonyl (C=O) groups is 3. The summed E-state index contributed by atoms with van der Waals surface area (Å²) >= 11 is 0. The van der Waals surface area contributed by atoms with Crippen LogP contribution in [0, 0.1) is 0 Å². The fourth-order valence-corrected chi connectivity index (χ4v) is 1.97. The molecule has 0 spiro atoms. The molecule has 2 N–H and O–H groups in total. The van der Waals surface area contributed by atoms with Crippen LogP contribution in [0.1, 0.15) is 6.42 Å². The molecular weight excluding hydrogens is 333 g/mol. The summed E-state index contributed by atoms with van der Waals surface area (Å²) in [6.07, 6.45) is -1.92. The van der Waals surface area contributed by atoms with Crippen molar-refractivity contribution in [1.82, 2.24) is 0 Å². The van der Waals surface area contributed by atoms with Crippen molar-refractivity contribution < 1.29 is 136 Å². The third-order valence-corrected chi connectivity index (χ3v) is 2.89. The summed E-state index contributed by atoms with van der Waals surface area (Å²) in [5.41, 5.74) is -3.91. The molecule has 10 nitrogen and oxygen atoms in total. The maximum Gasteiger partial charge on any atom is 1.00 e. The molecule has 0 aromatic heterocycles. The number of carboxylic acid groups (broad SMARTS) is 3. The van der Waals surface area contributed by atoms with Crippen LogP contribution in [0.25, 0.3) is 0 Å². The number of rotatable bonds is 6. The number of carbonyl (C=O) groups excluding carboxylic acids is 3. The summed E-state index contributed by atoms with van der Waals surface area (Å²) in [5.74, 6) is -7.71. The summed E-state index contributed by atoms with van der Waals surface area (Å²) in [6.45, 7) is 0. The van der Waals surface area contributed by atoms with E-state index in [1.165, 1.54) is 0 Å². The molecule has 0 saturated carbocycles. The number of hydrogen-bond donors (Lipinski definition) is 2. The fourth-order valence-electron chi connectivity index (χ4n) is 1.05. The van der Waals surface area contributed by atoms with Crippen molar-refractivity contribution in [2.24, 2.45) is 0 Å². The molecule has 0 aromatic carbocycles. The van der Waals surface area contributed by atoms with Gasteiger partial charge in [0.25, 0.3) is 10.1 Å². The van der Waals surface area contributed by atoms with Gasteiger partial charge in [-0.05, 0) is 0 Å². The van der Waals surface area contributed by atoms with Gasteiger partial charge in [-0.25, -0.2) is 0 Å². The molecule has 0 radical (unpaired) electrons. The summed E-state index contributed by atoms with van der Waals surface area (Å²) in [6, 6.07) is 0. The summed E-state index contributed by atoms with van der Waals surface area (Å²) in [7, 11) is -5.64.